The molecule has 0 aromatic heterocycles. The average molecular weight is 595 g/mol. The minimum absolute atomic E-state index is 0.00225. The van der Waals surface area contributed by atoms with E-state index in [4.69, 9.17) is 15.8 Å². The number of hydrogen-bond donors (Lipinski definition) is 4. The standard InChI is InChI=1S/C21H21F3IN3O4S/c22-21(23,24)20(31,8-10-33(28,32)9-7-17(27)19(25)30)16-4-1-13(2-5-16)14-3-6-18(29)15(11-14)12-26/h1-6,11,17,28-29,31H,7-10,27H2/t17-,20?,33?/m0/s1. The summed E-state index contributed by atoms with van der Waals surface area (Å²) in [5.74, 6) is -1.33. The molecule has 0 heterocycles. The molecular weight excluding hydrogens is 574 g/mol. The van der Waals surface area contributed by atoms with Gasteiger partial charge in [0.25, 0.3) is 0 Å². The van der Waals surface area contributed by atoms with Crippen molar-refractivity contribution in [3.8, 4) is 22.9 Å². The Labute approximate surface area is 202 Å². The fraction of sp³-hybridized carbons (Fsp3) is 0.333. The van der Waals surface area contributed by atoms with Crippen LogP contribution in [0.25, 0.3) is 11.1 Å². The van der Waals surface area contributed by atoms with Crippen LogP contribution in [0.15, 0.2) is 42.5 Å². The van der Waals surface area contributed by atoms with Crippen LogP contribution >= 0.6 is 22.6 Å². The molecule has 0 spiro atoms. The number of carbonyl (C=O) groups excluding carboxylic acids is 1. The predicted molar refractivity (Wildman–Crippen MR) is 125 cm³/mol. The van der Waals surface area contributed by atoms with Gasteiger partial charge < -0.3 is 15.9 Å². The Morgan fingerprint density at radius 3 is 2.27 bits per heavy atom. The lowest BCUT2D eigenvalue weighted by molar-refractivity contribution is -0.267. The second kappa shape index (κ2) is 10.4. The van der Waals surface area contributed by atoms with Crippen LogP contribution in [0.4, 0.5) is 13.2 Å². The van der Waals surface area contributed by atoms with E-state index in [0.29, 0.717) is 11.1 Å². The Kier molecular flexibility index (Phi) is 8.50. The molecule has 33 heavy (non-hydrogen) atoms. The molecule has 2 rings (SSSR count). The van der Waals surface area contributed by atoms with E-state index in [-0.39, 0.29) is 23.5 Å². The maximum atomic E-state index is 13.8. The van der Waals surface area contributed by atoms with Gasteiger partial charge in [-0.1, -0.05) is 30.3 Å². The molecule has 0 saturated carbocycles. The van der Waals surface area contributed by atoms with Crippen molar-refractivity contribution >= 4 is 36.1 Å². The van der Waals surface area contributed by atoms with Crippen molar-refractivity contribution in [3.05, 3.63) is 53.6 Å². The SMILES string of the molecule is N#Cc1cc(-c2ccc(C(O)(CCS(=N)(=O)CC[C@H](N)C(=O)I)C(F)(F)F)cc2)ccc1O. The van der Waals surface area contributed by atoms with Crippen LogP contribution in [0.1, 0.15) is 24.0 Å². The van der Waals surface area contributed by atoms with Crippen molar-refractivity contribution < 1.29 is 32.4 Å². The molecule has 0 bridgehead atoms. The van der Waals surface area contributed by atoms with Gasteiger partial charge in [-0.25, -0.2) is 4.21 Å². The Bertz CT molecular complexity index is 1160. The highest BCUT2D eigenvalue weighted by Crippen LogP contribution is 2.42. The molecule has 2 aromatic rings. The molecule has 3 atom stereocenters. The number of nitrogens with one attached hydrogen (secondary N) is 1. The zero-order chi connectivity index (χ0) is 25.0. The fourth-order valence-corrected chi connectivity index (χ4v) is 4.81. The van der Waals surface area contributed by atoms with Gasteiger partial charge in [-0.05, 0) is 35.2 Å². The van der Waals surface area contributed by atoms with Gasteiger partial charge in [-0.15, -0.1) is 0 Å². The molecule has 0 aliphatic rings. The second-order valence-corrected chi connectivity index (χ2v) is 11.0. The van der Waals surface area contributed by atoms with Crippen molar-refractivity contribution in [2.45, 2.75) is 30.7 Å². The van der Waals surface area contributed by atoms with Gasteiger partial charge in [0.05, 0.1) is 11.6 Å². The summed E-state index contributed by atoms with van der Waals surface area (Å²) in [7, 11) is -3.52. The Morgan fingerprint density at radius 2 is 1.76 bits per heavy atom. The van der Waals surface area contributed by atoms with E-state index in [1.54, 1.807) is 6.07 Å². The monoisotopic (exact) mass is 595 g/mol. The fourth-order valence-electron chi connectivity index (χ4n) is 3.04. The summed E-state index contributed by atoms with van der Waals surface area (Å²) in [4.78, 5) is 11.2. The maximum Gasteiger partial charge on any atom is 0.421 e. The number of aliphatic hydroxyl groups is 1. The lowest BCUT2D eigenvalue weighted by atomic mass is 9.89. The Morgan fingerprint density at radius 1 is 1.18 bits per heavy atom. The lowest BCUT2D eigenvalue weighted by Gasteiger charge is -2.31. The van der Waals surface area contributed by atoms with Gasteiger partial charge in [-0.2, -0.15) is 18.4 Å². The van der Waals surface area contributed by atoms with E-state index in [1.165, 1.54) is 52.9 Å². The van der Waals surface area contributed by atoms with Gasteiger partial charge in [0, 0.05) is 50.2 Å². The third-order valence-corrected chi connectivity index (χ3v) is 7.68. The molecule has 0 aliphatic carbocycles. The van der Waals surface area contributed by atoms with Gasteiger partial charge >= 0.3 is 6.18 Å². The van der Waals surface area contributed by atoms with Crippen molar-refractivity contribution in [2.24, 2.45) is 5.73 Å². The molecule has 178 valence electrons. The summed E-state index contributed by atoms with van der Waals surface area (Å²) in [5.41, 5.74) is 2.61. The highest BCUT2D eigenvalue weighted by atomic mass is 127. The number of nitriles is 1. The van der Waals surface area contributed by atoms with E-state index in [1.807, 2.05) is 0 Å². The molecule has 7 nitrogen and oxygen atoms in total. The first kappa shape index (κ1) is 27.0. The first-order valence-electron chi connectivity index (χ1n) is 9.52. The van der Waals surface area contributed by atoms with Gasteiger partial charge in [-0.3, -0.25) is 9.57 Å². The third-order valence-electron chi connectivity index (χ3n) is 5.13. The van der Waals surface area contributed by atoms with Gasteiger partial charge in [0.1, 0.15) is 11.8 Å². The number of benzene rings is 2. The predicted octanol–water partition coefficient (Wildman–Crippen LogP) is 3.80. The van der Waals surface area contributed by atoms with Crippen LogP contribution in [0.2, 0.25) is 0 Å². The van der Waals surface area contributed by atoms with E-state index in [0.717, 1.165) is 12.1 Å². The van der Waals surface area contributed by atoms with Crippen LogP contribution in [-0.2, 0) is 20.1 Å². The highest BCUT2D eigenvalue weighted by molar-refractivity contribution is 14.1. The van der Waals surface area contributed by atoms with Crippen LogP contribution in [0.3, 0.4) is 0 Å². The number of phenolic OH excluding ortho intramolecular Hbond substituents is 1. The van der Waals surface area contributed by atoms with Gasteiger partial charge in [0.2, 0.25) is 3.79 Å². The normalized spacial score (nSPS) is 16.3. The zero-order valence-electron chi connectivity index (χ0n) is 17.1. The van der Waals surface area contributed by atoms with Crippen LogP contribution in [-0.4, -0.2) is 41.9 Å². The number of hydrogen-bond acceptors (Lipinski definition) is 7. The quantitative estimate of drug-likeness (QED) is 0.256. The first-order chi connectivity index (χ1) is 15.2. The number of halogens is 4. The minimum atomic E-state index is -5.11. The summed E-state index contributed by atoms with van der Waals surface area (Å²) >= 11 is 1.45. The highest BCUT2D eigenvalue weighted by Gasteiger charge is 2.54. The van der Waals surface area contributed by atoms with Gasteiger partial charge in [0.15, 0.2) is 5.60 Å². The van der Waals surface area contributed by atoms with Crippen molar-refractivity contribution in [2.75, 3.05) is 11.5 Å². The number of nitrogens with two attached hydrogens (primary N) is 1. The number of alkyl halides is 3. The number of nitrogens with zero attached hydrogens (tertiary/aromatic N) is 1. The second-order valence-electron chi connectivity index (χ2n) is 7.45. The largest absolute Gasteiger partial charge is 0.507 e. The van der Waals surface area contributed by atoms with Crippen molar-refractivity contribution in [1.29, 1.82) is 10.0 Å². The lowest BCUT2D eigenvalue weighted by Crippen LogP contribution is -2.44. The first-order valence-corrected chi connectivity index (χ1v) is 12.5. The molecule has 2 unspecified atom stereocenters. The molecule has 0 saturated heterocycles. The minimum Gasteiger partial charge on any atom is -0.507 e. The molecule has 0 amide bonds. The summed E-state index contributed by atoms with van der Waals surface area (Å²) < 4.78 is 61.3. The summed E-state index contributed by atoms with van der Waals surface area (Å²) in [6.07, 6.45) is -6.23. The average Bonchev–Trinajstić information content (AvgIpc) is 2.75. The third kappa shape index (κ3) is 6.66. The molecule has 0 radical (unpaired) electrons. The molecule has 0 fully saturated rings. The topological polar surface area (TPSA) is 148 Å². The summed E-state index contributed by atoms with van der Waals surface area (Å²) in [5, 5.41) is 29.2. The van der Waals surface area contributed by atoms with E-state index >= 15 is 0 Å². The number of carbonyl (C=O) groups is 1. The van der Waals surface area contributed by atoms with E-state index in [2.05, 4.69) is 0 Å². The summed E-state index contributed by atoms with van der Waals surface area (Å²) in [6.45, 7) is 0. The Hall–Kier alpha value is -2.21. The maximum absolute atomic E-state index is 13.8. The number of phenols is 1. The van der Waals surface area contributed by atoms with E-state index < -0.39 is 49.1 Å². The zero-order valence-corrected chi connectivity index (χ0v) is 20.1. The molecule has 12 heteroatoms. The Balaban J connectivity index is 2.27. The molecular formula is C21H21F3IN3O4S. The number of rotatable bonds is 9. The molecule has 2 aromatic carbocycles. The molecule has 5 N–H and O–H groups in total. The van der Waals surface area contributed by atoms with Crippen molar-refractivity contribution in [1.82, 2.24) is 0 Å². The van der Waals surface area contributed by atoms with E-state index in [9.17, 15) is 32.4 Å². The number of aromatic hydroxyl groups is 1. The van der Waals surface area contributed by atoms with Crippen LogP contribution in [0.5, 0.6) is 5.75 Å². The molecule has 0 aliphatic heterocycles. The summed E-state index contributed by atoms with van der Waals surface area (Å²) in [6, 6.07) is 9.77. The van der Waals surface area contributed by atoms with Crippen LogP contribution in [0, 0.1) is 16.1 Å². The smallest absolute Gasteiger partial charge is 0.421 e. The van der Waals surface area contributed by atoms with Crippen molar-refractivity contribution in [3.63, 3.8) is 0 Å². The van der Waals surface area contributed by atoms with Crippen LogP contribution < -0.4 is 5.73 Å².